The number of thioether (sulfide) groups is 1. The summed E-state index contributed by atoms with van der Waals surface area (Å²) in [5.74, 6) is 1.09. The molecule has 0 aliphatic heterocycles. The first-order valence-electron chi connectivity index (χ1n) is 8.79. The number of imidazole rings is 1. The Kier molecular flexibility index (Phi) is 6.63. The minimum atomic E-state index is -0.0241. The number of benzene rings is 2. The Labute approximate surface area is 168 Å². The standard InChI is InChI=1S/C20H22ClN3O2S/c1-3-10-24-18-9-6-15(21)11-17(18)23-20(24)27-13-19(25)22-12-14-4-7-16(26-2)8-5-14/h4-9,11H,3,10,12-13H2,1-2H3,(H,22,25). The maximum absolute atomic E-state index is 12.2. The van der Waals surface area contributed by atoms with Gasteiger partial charge in [0.05, 0.1) is 23.9 Å². The van der Waals surface area contributed by atoms with Gasteiger partial charge in [-0.3, -0.25) is 4.79 Å². The molecule has 0 aliphatic rings. The van der Waals surface area contributed by atoms with Crippen LogP contribution in [0.15, 0.2) is 47.6 Å². The van der Waals surface area contributed by atoms with Crippen molar-refractivity contribution in [3.63, 3.8) is 0 Å². The number of fused-ring (bicyclic) bond motifs is 1. The summed E-state index contributed by atoms with van der Waals surface area (Å²) in [6, 6.07) is 13.4. The van der Waals surface area contributed by atoms with Crippen LogP contribution in [-0.2, 0) is 17.9 Å². The van der Waals surface area contributed by atoms with Gasteiger partial charge < -0.3 is 14.6 Å². The van der Waals surface area contributed by atoms with Gasteiger partial charge in [0, 0.05) is 18.1 Å². The zero-order valence-electron chi connectivity index (χ0n) is 15.4. The van der Waals surface area contributed by atoms with E-state index in [-0.39, 0.29) is 5.91 Å². The van der Waals surface area contributed by atoms with E-state index in [1.165, 1.54) is 11.8 Å². The van der Waals surface area contributed by atoms with E-state index in [2.05, 4.69) is 21.8 Å². The van der Waals surface area contributed by atoms with Crippen molar-refractivity contribution in [3.8, 4) is 5.75 Å². The number of amides is 1. The van der Waals surface area contributed by atoms with E-state index in [1.54, 1.807) is 7.11 Å². The molecule has 3 aromatic rings. The molecule has 0 bridgehead atoms. The molecule has 1 N–H and O–H groups in total. The fourth-order valence-electron chi connectivity index (χ4n) is 2.76. The highest BCUT2D eigenvalue weighted by Crippen LogP contribution is 2.26. The molecular formula is C20H22ClN3O2S. The molecule has 1 aromatic heterocycles. The summed E-state index contributed by atoms with van der Waals surface area (Å²) in [7, 11) is 1.63. The summed E-state index contributed by atoms with van der Waals surface area (Å²) in [5.41, 5.74) is 2.93. The molecular weight excluding hydrogens is 382 g/mol. The van der Waals surface area contributed by atoms with Gasteiger partial charge in [-0.1, -0.05) is 42.4 Å². The van der Waals surface area contributed by atoms with Crippen LogP contribution in [0.25, 0.3) is 11.0 Å². The van der Waals surface area contributed by atoms with E-state index in [9.17, 15) is 4.79 Å². The maximum atomic E-state index is 12.2. The first-order chi connectivity index (χ1) is 13.1. The smallest absolute Gasteiger partial charge is 0.230 e. The molecule has 0 radical (unpaired) electrons. The highest BCUT2D eigenvalue weighted by molar-refractivity contribution is 7.99. The molecule has 0 spiro atoms. The topological polar surface area (TPSA) is 56.2 Å². The summed E-state index contributed by atoms with van der Waals surface area (Å²) >= 11 is 7.52. The van der Waals surface area contributed by atoms with Gasteiger partial charge in [0.15, 0.2) is 5.16 Å². The second-order valence-corrected chi connectivity index (χ2v) is 7.47. The lowest BCUT2D eigenvalue weighted by molar-refractivity contribution is -0.118. The number of rotatable bonds is 8. The number of nitrogens with one attached hydrogen (secondary N) is 1. The Balaban J connectivity index is 1.61. The van der Waals surface area contributed by atoms with Crippen molar-refractivity contribution in [2.75, 3.05) is 12.9 Å². The molecule has 1 amide bonds. The number of carbonyl (C=O) groups is 1. The van der Waals surface area contributed by atoms with Gasteiger partial charge in [0.1, 0.15) is 5.75 Å². The Morgan fingerprint density at radius 3 is 2.74 bits per heavy atom. The molecule has 1 heterocycles. The highest BCUT2D eigenvalue weighted by Gasteiger charge is 2.13. The SMILES string of the molecule is CCCn1c(SCC(=O)NCc2ccc(OC)cc2)nc2cc(Cl)ccc21. The number of halogens is 1. The number of hydrogen-bond donors (Lipinski definition) is 1. The summed E-state index contributed by atoms with van der Waals surface area (Å²) in [5, 5.41) is 4.45. The predicted molar refractivity (Wildman–Crippen MR) is 111 cm³/mol. The monoisotopic (exact) mass is 403 g/mol. The molecule has 27 heavy (non-hydrogen) atoms. The summed E-state index contributed by atoms with van der Waals surface area (Å²) in [4.78, 5) is 16.9. The van der Waals surface area contributed by atoms with Gasteiger partial charge >= 0.3 is 0 Å². The fourth-order valence-corrected chi connectivity index (χ4v) is 3.79. The van der Waals surface area contributed by atoms with Crippen LogP contribution in [-0.4, -0.2) is 28.3 Å². The fraction of sp³-hybridized carbons (Fsp3) is 0.300. The van der Waals surface area contributed by atoms with Gasteiger partial charge in [0.25, 0.3) is 0 Å². The number of nitrogens with zero attached hydrogens (tertiary/aromatic N) is 2. The van der Waals surface area contributed by atoms with E-state index < -0.39 is 0 Å². The lowest BCUT2D eigenvalue weighted by Gasteiger charge is -2.08. The Hall–Kier alpha value is -2.18. The molecule has 7 heteroatoms. The molecule has 0 atom stereocenters. The zero-order valence-corrected chi connectivity index (χ0v) is 16.9. The van der Waals surface area contributed by atoms with Crippen LogP contribution < -0.4 is 10.1 Å². The summed E-state index contributed by atoms with van der Waals surface area (Å²) in [6.45, 7) is 3.47. The Bertz CT molecular complexity index is 925. The third-order valence-corrected chi connectivity index (χ3v) is 5.32. The van der Waals surface area contributed by atoms with Crippen LogP contribution in [0.2, 0.25) is 5.02 Å². The van der Waals surface area contributed by atoms with Crippen LogP contribution in [0.5, 0.6) is 5.75 Å². The van der Waals surface area contributed by atoms with Crippen LogP contribution in [0.1, 0.15) is 18.9 Å². The molecule has 0 aliphatic carbocycles. The van der Waals surface area contributed by atoms with Crippen molar-refractivity contribution < 1.29 is 9.53 Å². The lowest BCUT2D eigenvalue weighted by Crippen LogP contribution is -2.24. The molecule has 3 rings (SSSR count). The predicted octanol–water partition coefficient (Wildman–Crippen LogP) is 4.52. The molecule has 0 saturated heterocycles. The van der Waals surface area contributed by atoms with E-state index in [0.29, 0.717) is 17.3 Å². The minimum absolute atomic E-state index is 0.0241. The van der Waals surface area contributed by atoms with Crippen LogP contribution >= 0.6 is 23.4 Å². The van der Waals surface area contributed by atoms with E-state index in [4.69, 9.17) is 16.3 Å². The van der Waals surface area contributed by atoms with Crippen molar-refractivity contribution in [1.82, 2.24) is 14.9 Å². The van der Waals surface area contributed by atoms with E-state index in [1.807, 2.05) is 42.5 Å². The number of aromatic nitrogens is 2. The first-order valence-corrected chi connectivity index (χ1v) is 10.1. The lowest BCUT2D eigenvalue weighted by atomic mass is 10.2. The van der Waals surface area contributed by atoms with E-state index in [0.717, 1.165) is 40.5 Å². The normalized spacial score (nSPS) is 10.9. The number of ether oxygens (including phenoxy) is 1. The maximum Gasteiger partial charge on any atom is 0.230 e. The van der Waals surface area contributed by atoms with Gasteiger partial charge in [0.2, 0.25) is 5.91 Å². The quantitative estimate of drug-likeness (QED) is 0.562. The molecule has 5 nitrogen and oxygen atoms in total. The largest absolute Gasteiger partial charge is 0.497 e. The van der Waals surface area contributed by atoms with Gasteiger partial charge in [-0.25, -0.2) is 4.98 Å². The second-order valence-electron chi connectivity index (χ2n) is 6.09. The van der Waals surface area contributed by atoms with Crippen molar-refractivity contribution in [3.05, 3.63) is 53.1 Å². The first kappa shape index (κ1) is 19.6. The van der Waals surface area contributed by atoms with Crippen LogP contribution in [0.3, 0.4) is 0 Å². The van der Waals surface area contributed by atoms with Crippen molar-refractivity contribution >= 4 is 40.3 Å². The number of carbonyl (C=O) groups excluding carboxylic acids is 1. The second kappa shape index (κ2) is 9.15. The zero-order chi connectivity index (χ0) is 19.2. The van der Waals surface area contributed by atoms with Crippen molar-refractivity contribution in [1.29, 1.82) is 0 Å². The summed E-state index contributed by atoms with van der Waals surface area (Å²) in [6.07, 6.45) is 0.991. The Morgan fingerprint density at radius 2 is 2.04 bits per heavy atom. The third-order valence-electron chi connectivity index (χ3n) is 4.10. The van der Waals surface area contributed by atoms with Gasteiger partial charge in [-0.15, -0.1) is 0 Å². The number of methoxy groups -OCH3 is 1. The van der Waals surface area contributed by atoms with Crippen LogP contribution in [0, 0.1) is 0 Å². The van der Waals surface area contributed by atoms with Gasteiger partial charge in [-0.05, 0) is 42.3 Å². The van der Waals surface area contributed by atoms with Crippen molar-refractivity contribution in [2.24, 2.45) is 0 Å². The average molecular weight is 404 g/mol. The molecule has 142 valence electrons. The highest BCUT2D eigenvalue weighted by atomic mass is 35.5. The van der Waals surface area contributed by atoms with Gasteiger partial charge in [-0.2, -0.15) is 0 Å². The third kappa shape index (κ3) is 4.96. The molecule has 0 fully saturated rings. The summed E-state index contributed by atoms with van der Waals surface area (Å²) < 4.78 is 7.28. The molecule has 0 unspecified atom stereocenters. The minimum Gasteiger partial charge on any atom is -0.497 e. The number of aryl methyl sites for hydroxylation is 1. The van der Waals surface area contributed by atoms with E-state index >= 15 is 0 Å². The Morgan fingerprint density at radius 1 is 1.26 bits per heavy atom. The molecule has 0 saturated carbocycles. The van der Waals surface area contributed by atoms with Crippen molar-refractivity contribution in [2.45, 2.75) is 31.6 Å². The number of hydrogen-bond acceptors (Lipinski definition) is 4. The molecule has 2 aromatic carbocycles. The van der Waals surface area contributed by atoms with Crippen LogP contribution in [0.4, 0.5) is 0 Å². The average Bonchev–Trinajstić information content (AvgIpc) is 3.02.